The summed E-state index contributed by atoms with van der Waals surface area (Å²) in [5.74, 6) is 1.16. The molecule has 1 unspecified atom stereocenters. The fourth-order valence-corrected chi connectivity index (χ4v) is 3.28. The van der Waals surface area contributed by atoms with Crippen LogP contribution in [-0.4, -0.2) is 58.1 Å². The molecule has 1 fully saturated rings. The van der Waals surface area contributed by atoms with Crippen molar-refractivity contribution in [2.75, 3.05) is 26.5 Å². The van der Waals surface area contributed by atoms with Crippen molar-refractivity contribution in [1.29, 1.82) is 0 Å². The topological polar surface area (TPSA) is 66.4 Å². The minimum atomic E-state index is -0.0901. The minimum Gasteiger partial charge on any atom is -0.349 e. The van der Waals surface area contributed by atoms with E-state index in [0.29, 0.717) is 31.0 Å². The van der Waals surface area contributed by atoms with Crippen LogP contribution in [0, 0.1) is 6.92 Å². The first-order valence-corrected chi connectivity index (χ1v) is 9.36. The molecule has 0 spiro atoms. The molecule has 1 aromatic rings. The van der Waals surface area contributed by atoms with Gasteiger partial charge in [0.2, 0.25) is 11.8 Å². The largest absolute Gasteiger partial charge is 0.349 e. The molecule has 0 saturated carbocycles. The van der Waals surface area contributed by atoms with Crippen LogP contribution in [0.4, 0.5) is 0 Å². The van der Waals surface area contributed by atoms with Crippen molar-refractivity contribution in [3.8, 4) is 0 Å². The molecule has 138 valence electrons. The number of rotatable bonds is 6. The van der Waals surface area contributed by atoms with Gasteiger partial charge in [-0.25, -0.2) is 9.97 Å². The quantitative estimate of drug-likeness (QED) is 0.725. The second kappa shape index (κ2) is 9.13. The van der Waals surface area contributed by atoms with Gasteiger partial charge >= 0.3 is 0 Å². The standard InChI is InChI=1S/C18H27ClN4O2/c1-13-12-14(7-8-16(24)22(2)3)21-18(20-13)15-6-4-5-11-23(15)17(25)9-10-19/h12,15H,4-11H2,1-3H3. The number of hydrogen-bond acceptors (Lipinski definition) is 4. The molecule has 0 radical (unpaired) electrons. The average molecular weight is 367 g/mol. The summed E-state index contributed by atoms with van der Waals surface area (Å²) >= 11 is 5.74. The van der Waals surface area contributed by atoms with Crippen molar-refractivity contribution < 1.29 is 9.59 Å². The Hall–Kier alpha value is -1.69. The number of piperidine rings is 1. The number of carbonyl (C=O) groups is 2. The van der Waals surface area contributed by atoms with Gasteiger partial charge in [-0.3, -0.25) is 9.59 Å². The number of carbonyl (C=O) groups excluding carboxylic acids is 2. The average Bonchev–Trinajstić information content (AvgIpc) is 2.59. The van der Waals surface area contributed by atoms with E-state index in [4.69, 9.17) is 11.6 Å². The molecule has 0 aromatic carbocycles. The number of hydrogen-bond donors (Lipinski definition) is 0. The Morgan fingerprint density at radius 1 is 1.28 bits per heavy atom. The molecule has 7 heteroatoms. The first-order chi connectivity index (χ1) is 11.9. The van der Waals surface area contributed by atoms with E-state index in [9.17, 15) is 9.59 Å². The van der Waals surface area contributed by atoms with Gasteiger partial charge in [0.15, 0.2) is 5.82 Å². The number of alkyl halides is 1. The predicted octanol–water partition coefficient (Wildman–Crippen LogP) is 2.49. The van der Waals surface area contributed by atoms with Gasteiger partial charge in [-0.05, 0) is 38.7 Å². The van der Waals surface area contributed by atoms with Crippen LogP contribution in [0.2, 0.25) is 0 Å². The van der Waals surface area contributed by atoms with Gasteiger partial charge in [0.1, 0.15) is 0 Å². The fourth-order valence-electron chi connectivity index (χ4n) is 3.12. The fraction of sp³-hybridized carbons (Fsp3) is 0.667. The lowest BCUT2D eigenvalue weighted by molar-refractivity contribution is -0.134. The summed E-state index contributed by atoms with van der Waals surface area (Å²) in [5, 5.41) is 0. The minimum absolute atomic E-state index is 0.0640. The molecular formula is C18H27ClN4O2. The summed E-state index contributed by atoms with van der Waals surface area (Å²) in [6.07, 6.45) is 4.27. The Morgan fingerprint density at radius 3 is 2.72 bits per heavy atom. The summed E-state index contributed by atoms with van der Waals surface area (Å²) in [7, 11) is 3.50. The van der Waals surface area contributed by atoms with Gasteiger partial charge < -0.3 is 9.80 Å². The van der Waals surface area contributed by atoms with Crippen molar-refractivity contribution >= 4 is 23.4 Å². The predicted molar refractivity (Wildman–Crippen MR) is 97.4 cm³/mol. The number of amides is 2. The molecule has 2 heterocycles. The molecule has 0 N–H and O–H groups in total. The Bertz CT molecular complexity index is 621. The monoisotopic (exact) mass is 366 g/mol. The third-order valence-corrected chi connectivity index (χ3v) is 4.64. The van der Waals surface area contributed by atoms with Gasteiger partial charge in [-0.1, -0.05) is 0 Å². The zero-order chi connectivity index (χ0) is 18.4. The van der Waals surface area contributed by atoms with Crippen LogP contribution in [-0.2, 0) is 16.0 Å². The van der Waals surface area contributed by atoms with E-state index >= 15 is 0 Å². The number of aryl methyl sites for hydroxylation is 2. The molecule has 1 aromatic heterocycles. The second-order valence-corrected chi connectivity index (χ2v) is 7.06. The second-order valence-electron chi connectivity index (χ2n) is 6.68. The maximum Gasteiger partial charge on any atom is 0.224 e. The highest BCUT2D eigenvalue weighted by Gasteiger charge is 2.29. The normalized spacial score (nSPS) is 17.4. The van der Waals surface area contributed by atoms with Gasteiger partial charge in [0.05, 0.1) is 6.04 Å². The Balaban J connectivity index is 2.18. The highest BCUT2D eigenvalue weighted by Crippen LogP contribution is 2.29. The van der Waals surface area contributed by atoms with Crippen LogP contribution < -0.4 is 0 Å². The summed E-state index contributed by atoms with van der Waals surface area (Å²) < 4.78 is 0. The lowest BCUT2D eigenvalue weighted by Crippen LogP contribution is -2.39. The van der Waals surface area contributed by atoms with Gasteiger partial charge in [-0.2, -0.15) is 0 Å². The van der Waals surface area contributed by atoms with Crippen LogP contribution in [0.5, 0.6) is 0 Å². The van der Waals surface area contributed by atoms with E-state index in [2.05, 4.69) is 9.97 Å². The molecule has 0 bridgehead atoms. The molecule has 1 aliphatic heterocycles. The van der Waals surface area contributed by atoms with Crippen molar-refractivity contribution in [2.45, 2.75) is 51.5 Å². The molecule has 2 amide bonds. The zero-order valence-electron chi connectivity index (χ0n) is 15.3. The van der Waals surface area contributed by atoms with Crippen molar-refractivity contribution in [3.05, 3.63) is 23.3 Å². The van der Waals surface area contributed by atoms with E-state index in [0.717, 1.165) is 37.2 Å². The van der Waals surface area contributed by atoms with Gasteiger partial charge in [-0.15, -0.1) is 11.6 Å². The SMILES string of the molecule is Cc1cc(CCC(=O)N(C)C)nc(C2CCCCN2C(=O)CCCl)n1. The maximum atomic E-state index is 12.4. The first kappa shape index (κ1) is 19.6. The molecular weight excluding hydrogens is 340 g/mol. The number of halogens is 1. The molecule has 1 saturated heterocycles. The Kier molecular flexibility index (Phi) is 7.17. The van der Waals surface area contributed by atoms with E-state index in [1.54, 1.807) is 19.0 Å². The van der Waals surface area contributed by atoms with E-state index in [-0.39, 0.29) is 17.9 Å². The van der Waals surface area contributed by atoms with E-state index < -0.39 is 0 Å². The maximum absolute atomic E-state index is 12.4. The molecule has 2 rings (SSSR count). The zero-order valence-corrected chi connectivity index (χ0v) is 16.1. The van der Waals surface area contributed by atoms with Crippen LogP contribution in [0.1, 0.15) is 55.4 Å². The van der Waals surface area contributed by atoms with Crippen molar-refractivity contribution in [2.24, 2.45) is 0 Å². The first-order valence-electron chi connectivity index (χ1n) is 8.82. The third kappa shape index (κ3) is 5.39. The van der Waals surface area contributed by atoms with Crippen molar-refractivity contribution in [3.63, 3.8) is 0 Å². The highest BCUT2D eigenvalue weighted by atomic mass is 35.5. The number of nitrogens with zero attached hydrogens (tertiary/aromatic N) is 4. The molecule has 0 aliphatic carbocycles. The Labute approximate surface area is 154 Å². The lowest BCUT2D eigenvalue weighted by atomic mass is 10.0. The summed E-state index contributed by atoms with van der Waals surface area (Å²) in [5.41, 5.74) is 1.72. The van der Waals surface area contributed by atoms with Crippen LogP contribution in [0.15, 0.2) is 6.07 Å². The van der Waals surface area contributed by atoms with E-state index in [1.165, 1.54) is 0 Å². The summed E-state index contributed by atoms with van der Waals surface area (Å²) in [6, 6.07) is 1.83. The van der Waals surface area contributed by atoms with Crippen molar-refractivity contribution in [1.82, 2.24) is 19.8 Å². The summed E-state index contributed by atoms with van der Waals surface area (Å²) in [4.78, 5) is 36.9. The molecule has 1 aliphatic rings. The highest BCUT2D eigenvalue weighted by molar-refractivity contribution is 6.18. The van der Waals surface area contributed by atoms with Crippen LogP contribution in [0.25, 0.3) is 0 Å². The molecule has 1 atom stereocenters. The van der Waals surface area contributed by atoms with E-state index in [1.807, 2.05) is 17.9 Å². The van der Waals surface area contributed by atoms with Gasteiger partial charge in [0, 0.05) is 50.7 Å². The molecule has 25 heavy (non-hydrogen) atoms. The third-order valence-electron chi connectivity index (χ3n) is 4.45. The number of likely N-dealkylation sites (tertiary alicyclic amines) is 1. The number of aromatic nitrogens is 2. The van der Waals surface area contributed by atoms with Crippen LogP contribution >= 0.6 is 11.6 Å². The lowest BCUT2D eigenvalue weighted by Gasteiger charge is -2.35. The van der Waals surface area contributed by atoms with Gasteiger partial charge in [0.25, 0.3) is 0 Å². The Morgan fingerprint density at radius 2 is 2.04 bits per heavy atom. The van der Waals surface area contributed by atoms with Crippen LogP contribution in [0.3, 0.4) is 0 Å². The summed E-state index contributed by atoms with van der Waals surface area (Å²) in [6.45, 7) is 2.66. The smallest absolute Gasteiger partial charge is 0.224 e. The molecule has 6 nitrogen and oxygen atoms in total.